The zero-order valence-corrected chi connectivity index (χ0v) is 13.5. The Morgan fingerprint density at radius 3 is 2.86 bits per heavy atom. The SMILES string of the molecule is COCC[C@@H]1CCOC12CCN(C(=O)c1occc1C)CC2. The van der Waals surface area contributed by atoms with Gasteiger partial charge in [0.1, 0.15) is 0 Å². The summed E-state index contributed by atoms with van der Waals surface area (Å²) in [6.45, 7) is 5.00. The van der Waals surface area contributed by atoms with Crippen LogP contribution in [0.5, 0.6) is 0 Å². The quantitative estimate of drug-likeness (QED) is 0.858. The monoisotopic (exact) mass is 307 g/mol. The van der Waals surface area contributed by atoms with E-state index in [1.807, 2.05) is 17.9 Å². The Morgan fingerprint density at radius 2 is 2.23 bits per heavy atom. The Balaban J connectivity index is 1.62. The predicted molar refractivity (Wildman–Crippen MR) is 81.9 cm³/mol. The van der Waals surface area contributed by atoms with Crippen molar-refractivity contribution in [2.24, 2.45) is 5.92 Å². The van der Waals surface area contributed by atoms with Crippen molar-refractivity contribution in [3.8, 4) is 0 Å². The maximum atomic E-state index is 12.5. The van der Waals surface area contributed by atoms with E-state index in [0.29, 0.717) is 11.7 Å². The van der Waals surface area contributed by atoms with Gasteiger partial charge in [-0.3, -0.25) is 4.79 Å². The second-order valence-corrected chi connectivity index (χ2v) is 6.41. The molecule has 0 aliphatic carbocycles. The maximum absolute atomic E-state index is 12.5. The van der Waals surface area contributed by atoms with Gasteiger partial charge in [0.25, 0.3) is 5.91 Å². The topological polar surface area (TPSA) is 51.9 Å². The first kappa shape index (κ1) is 15.6. The summed E-state index contributed by atoms with van der Waals surface area (Å²) in [5.74, 6) is 1.03. The van der Waals surface area contributed by atoms with E-state index in [4.69, 9.17) is 13.9 Å². The van der Waals surface area contributed by atoms with Gasteiger partial charge in [0.2, 0.25) is 0 Å². The van der Waals surface area contributed by atoms with Crippen LogP contribution in [0.25, 0.3) is 0 Å². The number of piperidine rings is 1. The molecule has 0 aromatic carbocycles. The van der Waals surface area contributed by atoms with E-state index >= 15 is 0 Å². The molecule has 0 radical (unpaired) electrons. The largest absolute Gasteiger partial charge is 0.459 e. The first-order valence-electron chi connectivity index (χ1n) is 8.12. The van der Waals surface area contributed by atoms with Crippen LogP contribution in [0.4, 0.5) is 0 Å². The standard InChI is InChI=1S/C17H25NO4/c1-13-3-11-21-15(13)16(19)18-8-6-17(7-9-18)14(4-10-20-2)5-12-22-17/h3,11,14H,4-10,12H2,1-2H3/t14-/m1/s1. The van der Waals surface area contributed by atoms with Crippen molar-refractivity contribution in [3.05, 3.63) is 23.7 Å². The van der Waals surface area contributed by atoms with Gasteiger partial charge in [-0.25, -0.2) is 0 Å². The number of amides is 1. The number of hydrogen-bond donors (Lipinski definition) is 0. The van der Waals surface area contributed by atoms with E-state index in [0.717, 1.165) is 57.6 Å². The molecule has 1 aromatic heterocycles. The van der Waals surface area contributed by atoms with Crippen LogP contribution in [0, 0.1) is 12.8 Å². The number of hydrogen-bond acceptors (Lipinski definition) is 4. The van der Waals surface area contributed by atoms with Gasteiger partial charge in [-0.2, -0.15) is 0 Å². The van der Waals surface area contributed by atoms with Gasteiger partial charge in [0, 0.05) is 39.0 Å². The number of likely N-dealkylation sites (tertiary alicyclic amines) is 1. The molecule has 3 heterocycles. The maximum Gasteiger partial charge on any atom is 0.289 e. The molecule has 2 aliphatic heterocycles. The van der Waals surface area contributed by atoms with Gasteiger partial charge in [-0.05, 0) is 44.6 Å². The molecule has 1 aromatic rings. The molecule has 1 spiro atoms. The predicted octanol–water partition coefficient (Wildman–Crippen LogP) is 2.64. The van der Waals surface area contributed by atoms with Crippen LogP contribution in [0.3, 0.4) is 0 Å². The summed E-state index contributed by atoms with van der Waals surface area (Å²) in [4.78, 5) is 14.4. The summed E-state index contributed by atoms with van der Waals surface area (Å²) in [5, 5.41) is 0. The molecule has 122 valence electrons. The number of carbonyl (C=O) groups is 1. The third-order valence-electron chi connectivity index (χ3n) is 5.22. The van der Waals surface area contributed by atoms with Crippen molar-refractivity contribution >= 4 is 5.91 Å². The number of rotatable bonds is 4. The Kier molecular flexibility index (Phi) is 4.54. The van der Waals surface area contributed by atoms with Crippen LogP contribution in [0.15, 0.2) is 16.7 Å². The van der Waals surface area contributed by atoms with E-state index in [1.165, 1.54) is 0 Å². The molecular weight excluding hydrogens is 282 g/mol. The van der Waals surface area contributed by atoms with Crippen LogP contribution >= 0.6 is 0 Å². The van der Waals surface area contributed by atoms with Crippen LogP contribution in [0.2, 0.25) is 0 Å². The summed E-state index contributed by atoms with van der Waals surface area (Å²) < 4.78 is 16.7. The minimum Gasteiger partial charge on any atom is -0.459 e. The molecule has 0 saturated carbocycles. The third-order valence-corrected chi connectivity index (χ3v) is 5.22. The lowest BCUT2D eigenvalue weighted by Gasteiger charge is -2.42. The van der Waals surface area contributed by atoms with Gasteiger partial charge in [0.15, 0.2) is 5.76 Å². The zero-order chi connectivity index (χ0) is 15.6. The fraction of sp³-hybridized carbons (Fsp3) is 0.706. The second-order valence-electron chi connectivity index (χ2n) is 6.41. The number of carbonyl (C=O) groups excluding carboxylic acids is 1. The smallest absolute Gasteiger partial charge is 0.289 e. The molecular formula is C17H25NO4. The second kappa shape index (κ2) is 6.42. The first-order chi connectivity index (χ1) is 10.7. The van der Waals surface area contributed by atoms with E-state index in [2.05, 4.69) is 0 Å². The molecule has 3 rings (SSSR count). The summed E-state index contributed by atoms with van der Waals surface area (Å²) >= 11 is 0. The summed E-state index contributed by atoms with van der Waals surface area (Å²) in [6.07, 6.45) is 5.55. The zero-order valence-electron chi connectivity index (χ0n) is 13.5. The molecule has 1 amide bonds. The van der Waals surface area contributed by atoms with Crippen LogP contribution < -0.4 is 0 Å². The molecule has 0 bridgehead atoms. The molecule has 0 unspecified atom stereocenters. The average molecular weight is 307 g/mol. The van der Waals surface area contributed by atoms with Crippen molar-refractivity contribution in [3.63, 3.8) is 0 Å². The summed E-state index contributed by atoms with van der Waals surface area (Å²) in [7, 11) is 1.75. The van der Waals surface area contributed by atoms with Crippen molar-refractivity contribution in [1.82, 2.24) is 4.90 Å². The molecule has 5 nitrogen and oxygen atoms in total. The lowest BCUT2D eigenvalue weighted by atomic mass is 9.78. The highest BCUT2D eigenvalue weighted by Crippen LogP contribution is 2.42. The molecule has 2 saturated heterocycles. The van der Waals surface area contributed by atoms with Crippen LogP contribution in [-0.4, -0.2) is 49.8 Å². The highest BCUT2D eigenvalue weighted by Gasteiger charge is 2.46. The van der Waals surface area contributed by atoms with Gasteiger partial charge >= 0.3 is 0 Å². The van der Waals surface area contributed by atoms with Gasteiger partial charge in [-0.15, -0.1) is 0 Å². The van der Waals surface area contributed by atoms with E-state index in [-0.39, 0.29) is 11.5 Å². The number of ether oxygens (including phenoxy) is 2. The fourth-order valence-corrected chi connectivity index (χ4v) is 3.83. The molecule has 5 heteroatoms. The number of furan rings is 1. The molecule has 2 fully saturated rings. The van der Waals surface area contributed by atoms with E-state index < -0.39 is 0 Å². The van der Waals surface area contributed by atoms with Crippen molar-refractivity contribution in [2.75, 3.05) is 33.4 Å². The van der Waals surface area contributed by atoms with E-state index in [9.17, 15) is 4.79 Å². The van der Waals surface area contributed by atoms with Crippen molar-refractivity contribution < 1.29 is 18.7 Å². The average Bonchev–Trinajstić information content (AvgIpc) is 3.12. The highest BCUT2D eigenvalue weighted by atomic mass is 16.5. The molecule has 1 atom stereocenters. The van der Waals surface area contributed by atoms with Crippen LogP contribution in [-0.2, 0) is 9.47 Å². The Morgan fingerprint density at radius 1 is 1.45 bits per heavy atom. The fourth-order valence-electron chi connectivity index (χ4n) is 3.83. The lowest BCUT2D eigenvalue weighted by Crippen LogP contribution is -2.49. The highest BCUT2D eigenvalue weighted by molar-refractivity contribution is 5.92. The number of aryl methyl sites for hydroxylation is 1. The van der Waals surface area contributed by atoms with Gasteiger partial charge in [-0.1, -0.05) is 0 Å². The molecule has 0 N–H and O–H groups in total. The van der Waals surface area contributed by atoms with Gasteiger partial charge in [0.05, 0.1) is 11.9 Å². The first-order valence-corrected chi connectivity index (χ1v) is 8.12. The molecule has 22 heavy (non-hydrogen) atoms. The minimum absolute atomic E-state index is 0.00351. The summed E-state index contributed by atoms with van der Waals surface area (Å²) in [6, 6.07) is 1.83. The number of nitrogens with zero attached hydrogens (tertiary/aromatic N) is 1. The third kappa shape index (κ3) is 2.79. The lowest BCUT2D eigenvalue weighted by molar-refractivity contribution is -0.0664. The Labute approximate surface area is 131 Å². The Hall–Kier alpha value is -1.33. The normalized spacial score (nSPS) is 24.1. The van der Waals surface area contributed by atoms with Crippen LogP contribution in [0.1, 0.15) is 41.8 Å². The van der Waals surface area contributed by atoms with Crippen molar-refractivity contribution in [1.29, 1.82) is 0 Å². The number of methoxy groups -OCH3 is 1. The molecule has 2 aliphatic rings. The van der Waals surface area contributed by atoms with Crippen molar-refractivity contribution in [2.45, 2.75) is 38.2 Å². The summed E-state index contributed by atoms with van der Waals surface area (Å²) in [5.41, 5.74) is 0.855. The Bertz CT molecular complexity index is 516. The van der Waals surface area contributed by atoms with E-state index in [1.54, 1.807) is 13.4 Å². The van der Waals surface area contributed by atoms with Gasteiger partial charge < -0.3 is 18.8 Å². The minimum atomic E-state index is -0.0481.